The molecule has 4 aliphatic carbocycles. The SMILES string of the molecule is C=C1C(=O)[C@]23C[C@H]1[C@@H](O)C=C2[C@@]12CO[C@]3(O)[C@@H](O)[C@@H]1C(C)(C)CC[C@@H]2O. The Kier molecular flexibility index (Phi) is 2.95. The Bertz CT molecular complexity index is 770. The van der Waals surface area contributed by atoms with Crippen LogP contribution in [0, 0.1) is 28.1 Å². The summed E-state index contributed by atoms with van der Waals surface area (Å²) in [6.07, 6.45) is 0.00988. The number of ketones is 1. The van der Waals surface area contributed by atoms with Crippen molar-refractivity contribution in [3.8, 4) is 0 Å². The summed E-state index contributed by atoms with van der Waals surface area (Å²) in [4.78, 5) is 13.3. The van der Waals surface area contributed by atoms with Gasteiger partial charge in [0.05, 0.1) is 18.8 Å². The molecule has 4 N–H and O–H groups in total. The molecule has 26 heavy (non-hydrogen) atoms. The van der Waals surface area contributed by atoms with E-state index in [1.54, 1.807) is 6.08 Å². The number of carbonyl (C=O) groups excluding carboxylic acids is 1. The number of hydrogen-bond acceptors (Lipinski definition) is 6. The van der Waals surface area contributed by atoms with Gasteiger partial charge in [-0.15, -0.1) is 0 Å². The molecule has 0 unspecified atom stereocenters. The minimum absolute atomic E-state index is 0.0283. The number of fused-ring (bicyclic) bond motifs is 2. The average molecular weight is 362 g/mol. The molecule has 2 saturated heterocycles. The lowest BCUT2D eigenvalue weighted by atomic mass is 9.39. The first-order valence-corrected chi connectivity index (χ1v) is 9.41. The number of aliphatic hydroxyl groups is 4. The predicted octanol–water partition coefficient (Wildman–Crippen LogP) is 0.296. The summed E-state index contributed by atoms with van der Waals surface area (Å²) in [5.41, 5.74) is -1.99. The molecule has 0 aromatic carbocycles. The Balaban J connectivity index is 1.85. The second-order valence-electron chi connectivity index (χ2n) is 9.63. The van der Waals surface area contributed by atoms with E-state index in [1.807, 2.05) is 13.8 Å². The molecule has 6 rings (SSSR count). The van der Waals surface area contributed by atoms with Crippen LogP contribution in [0.15, 0.2) is 23.8 Å². The van der Waals surface area contributed by atoms with E-state index in [9.17, 15) is 25.2 Å². The van der Waals surface area contributed by atoms with E-state index in [0.717, 1.165) is 0 Å². The van der Waals surface area contributed by atoms with Gasteiger partial charge >= 0.3 is 0 Å². The molecule has 6 aliphatic rings. The minimum Gasteiger partial charge on any atom is -0.392 e. The monoisotopic (exact) mass is 362 g/mol. The van der Waals surface area contributed by atoms with Crippen LogP contribution in [0.4, 0.5) is 0 Å². The molecule has 3 saturated carbocycles. The summed E-state index contributed by atoms with van der Waals surface area (Å²) in [6.45, 7) is 7.91. The summed E-state index contributed by atoms with van der Waals surface area (Å²) in [7, 11) is 0. The van der Waals surface area contributed by atoms with E-state index in [-0.39, 0.29) is 29.8 Å². The van der Waals surface area contributed by atoms with Crippen LogP contribution in [-0.2, 0) is 9.53 Å². The number of Topliss-reactive ketones (excluding diaryl/α,β-unsaturated/α-hetero) is 1. The van der Waals surface area contributed by atoms with Gasteiger partial charge in [-0.3, -0.25) is 4.79 Å². The van der Waals surface area contributed by atoms with Crippen LogP contribution < -0.4 is 0 Å². The quantitative estimate of drug-likeness (QED) is 0.365. The van der Waals surface area contributed by atoms with Crippen LogP contribution in [0.5, 0.6) is 0 Å². The summed E-state index contributed by atoms with van der Waals surface area (Å²) in [5.74, 6) is -3.40. The maximum Gasteiger partial charge on any atom is 0.209 e. The van der Waals surface area contributed by atoms with Gasteiger partial charge in [-0.25, -0.2) is 0 Å². The average Bonchev–Trinajstić information content (AvgIpc) is 2.80. The Labute approximate surface area is 152 Å². The fraction of sp³-hybridized carbons (Fsp3) is 0.750. The van der Waals surface area contributed by atoms with Gasteiger partial charge in [-0.2, -0.15) is 0 Å². The van der Waals surface area contributed by atoms with Crippen LogP contribution in [-0.4, -0.2) is 56.9 Å². The molecule has 0 aromatic rings. The standard InChI is InChI=1S/C20H26O6/c1-9-10-7-19(15(9)23)12(6-11(10)21)18-8-26-20(19,25)16(24)14(18)17(2,3)5-4-13(18)22/h6,10-11,13-14,16,21-22,24-25H,1,4-5,7-8H2,2-3H3/t10-,11+,13+,14-,16+,18-,19+,20-/m1/s1. The Hall–Kier alpha value is -1.05. The molecule has 2 heterocycles. The normalized spacial score (nSPS) is 56.8. The molecule has 2 aliphatic heterocycles. The van der Waals surface area contributed by atoms with Crippen LogP contribution in [0.25, 0.3) is 0 Å². The highest BCUT2D eigenvalue weighted by Gasteiger charge is 2.83. The van der Waals surface area contributed by atoms with Gasteiger partial charge in [0.15, 0.2) is 5.78 Å². The van der Waals surface area contributed by atoms with Crippen molar-refractivity contribution in [2.45, 2.75) is 57.2 Å². The van der Waals surface area contributed by atoms with Gasteiger partial charge in [0.2, 0.25) is 5.79 Å². The van der Waals surface area contributed by atoms with Crippen molar-refractivity contribution >= 4 is 5.78 Å². The van der Waals surface area contributed by atoms with Gasteiger partial charge in [0.1, 0.15) is 11.5 Å². The number of hydrogen-bond donors (Lipinski definition) is 4. The van der Waals surface area contributed by atoms with Crippen molar-refractivity contribution < 1.29 is 30.0 Å². The van der Waals surface area contributed by atoms with Crippen molar-refractivity contribution in [2.75, 3.05) is 6.61 Å². The van der Waals surface area contributed by atoms with Crippen LogP contribution in [0.2, 0.25) is 0 Å². The molecule has 0 radical (unpaired) electrons. The van der Waals surface area contributed by atoms with Crippen LogP contribution in [0.3, 0.4) is 0 Å². The predicted molar refractivity (Wildman–Crippen MR) is 90.6 cm³/mol. The third kappa shape index (κ3) is 1.43. The smallest absolute Gasteiger partial charge is 0.209 e. The summed E-state index contributed by atoms with van der Waals surface area (Å²) in [6, 6.07) is 0. The van der Waals surface area contributed by atoms with Gasteiger partial charge in [-0.05, 0) is 35.8 Å². The fourth-order valence-electron chi connectivity index (χ4n) is 7.09. The zero-order chi connectivity index (χ0) is 18.9. The molecular weight excluding hydrogens is 336 g/mol. The maximum atomic E-state index is 13.3. The van der Waals surface area contributed by atoms with Gasteiger partial charge in [0, 0.05) is 17.3 Å². The first kappa shape index (κ1) is 17.1. The molecule has 0 amide bonds. The molecule has 2 spiro atoms. The molecule has 142 valence electrons. The number of rotatable bonds is 0. The second kappa shape index (κ2) is 4.50. The van der Waals surface area contributed by atoms with E-state index in [0.29, 0.717) is 18.4 Å². The number of aliphatic hydroxyl groups excluding tert-OH is 3. The van der Waals surface area contributed by atoms with E-state index in [2.05, 4.69) is 6.58 Å². The highest BCUT2D eigenvalue weighted by molar-refractivity contribution is 6.06. The van der Waals surface area contributed by atoms with Gasteiger partial charge < -0.3 is 25.2 Å². The second-order valence-corrected chi connectivity index (χ2v) is 9.63. The lowest BCUT2D eigenvalue weighted by Crippen LogP contribution is -2.81. The van der Waals surface area contributed by atoms with Gasteiger partial charge in [0.25, 0.3) is 0 Å². The maximum absolute atomic E-state index is 13.3. The van der Waals surface area contributed by atoms with Crippen molar-refractivity contribution in [1.82, 2.24) is 0 Å². The highest BCUT2D eigenvalue weighted by atomic mass is 16.6. The topological polar surface area (TPSA) is 107 Å². The molecular formula is C20H26O6. The van der Waals surface area contributed by atoms with Crippen LogP contribution >= 0.6 is 0 Å². The molecule has 6 nitrogen and oxygen atoms in total. The highest BCUT2D eigenvalue weighted by Crippen LogP contribution is 2.75. The third-order valence-corrected chi connectivity index (χ3v) is 8.28. The molecule has 5 fully saturated rings. The Morgan fingerprint density at radius 1 is 1.27 bits per heavy atom. The van der Waals surface area contributed by atoms with E-state index in [1.165, 1.54) is 0 Å². The lowest BCUT2D eigenvalue weighted by Gasteiger charge is -2.71. The van der Waals surface area contributed by atoms with Gasteiger partial charge in [-0.1, -0.05) is 26.5 Å². The zero-order valence-corrected chi connectivity index (χ0v) is 15.1. The molecule has 4 bridgehead atoms. The Morgan fingerprint density at radius 2 is 1.96 bits per heavy atom. The van der Waals surface area contributed by atoms with E-state index < -0.39 is 46.8 Å². The molecule has 0 aromatic heterocycles. The number of ether oxygens (including phenoxy) is 1. The zero-order valence-electron chi connectivity index (χ0n) is 15.1. The summed E-state index contributed by atoms with van der Waals surface area (Å²) in [5, 5.41) is 44.5. The third-order valence-electron chi connectivity index (χ3n) is 8.28. The lowest BCUT2D eigenvalue weighted by molar-refractivity contribution is -0.403. The first-order chi connectivity index (χ1) is 12.0. The van der Waals surface area contributed by atoms with Crippen molar-refractivity contribution in [3.63, 3.8) is 0 Å². The molecule has 8 atom stereocenters. The van der Waals surface area contributed by atoms with Crippen molar-refractivity contribution in [2.24, 2.45) is 28.1 Å². The Morgan fingerprint density at radius 3 is 2.65 bits per heavy atom. The van der Waals surface area contributed by atoms with Crippen LogP contribution in [0.1, 0.15) is 33.1 Å². The van der Waals surface area contributed by atoms with Crippen molar-refractivity contribution in [1.29, 1.82) is 0 Å². The van der Waals surface area contributed by atoms with E-state index >= 15 is 0 Å². The first-order valence-electron chi connectivity index (χ1n) is 9.41. The summed E-state index contributed by atoms with van der Waals surface area (Å²) >= 11 is 0. The van der Waals surface area contributed by atoms with E-state index in [4.69, 9.17) is 4.74 Å². The fourth-order valence-corrected chi connectivity index (χ4v) is 7.09. The molecule has 6 heteroatoms. The van der Waals surface area contributed by atoms with Crippen molar-refractivity contribution in [3.05, 3.63) is 23.8 Å². The summed E-state index contributed by atoms with van der Waals surface area (Å²) < 4.78 is 5.81. The minimum atomic E-state index is -2.06. The number of carbonyl (C=O) groups is 1. The largest absolute Gasteiger partial charge is 0.392 e.